The third-order valence-electron chi connectivity index (χ3n) is 3.48. The molecule has 0 spiro atoms. The highest BCUT2D eigenvalue weighted by Crippen LogP contribution is 2.32. The second kappa shape index (κ2) is 7.28. The summed E-state index contributed by atoms with van der Waals surface area (Å²) in [4.78, 5) is 0.971. The fourth-order valence-electron chi connectivity index (χ4n) is 2.26. The van der Waals surface area contributed by atoms with Crippen LogP contribution in [0.25, 0.3) is 0 Å². The topological polar surface area (TPSA) is 73.9 Å². The number of thiophene rings is 1. The summed E-state index contributed by atoms with van der Waals surface area (Å²) in [6.07, 6.45) is -0.408. The lowest BCUT2D eigenvalue weighted by Gasteiger charge is -2.19. The quantitative estimate of drug-likeness (QED) is 0.822. The maximum atomic E-state index is 12.5. The lowest BCUT2D eigenvalue weighted by Crippen LogP contribution is -2.29. The van der Waals surface area contributed by atoms with E-state index in [1.54, 1.807) is 12.1 Å². The first-order chi connectivity index (χ1) is 11.5. The van der Waals surface area contributed by atoms with Crippen molar-refractivity contribution in [2.24, 2.45) is 0 Å². The molecule has 3 rings (SSSR count). The molecule has 1 unspecified atom stereocenters. The zero-order valence-corrected chi connectivity index (χ0v) is 15.2. The summed E-state index contributed by atoms with van der Waals surface area (Å²) in [6.45, 7) is 0.954. The van der Waals surface area contributed by atoms with E-state index in [2.05, 4.69) is 4.72 Å². The summed E-state index contributed by atoms with van der Waals surface area (Å²) in [5.74, 6) is 0.973. The monoisotopic (exact) mass is 389 g/mol. The highest BCUT2D eigenvalue weighted by molar-refractivity contribution is 7.89. The molecule has 2 heterocycles. The van der Waals surface area contributed by atoms with Gasteiger partial charge in [0.2, 0.25) is 10.0 Å². The van der Waals surface area contributed by atoms with Gasteiger partial charge >= 0.3 is 0 Å². The SMILES string of the molecule is COC(CNS(=O)(=O)c1ccc2c(c1)OCCO2)c1ccc(Cl)s1. The molecule has 0 aliphatic carbocycles. The zero-order valence-electron chi connectivity index (χ0n) is 12.8. The van der Waals surface area contributed by atoms with Crippen LogP contribution >= 0.6 is 22.9 Å². The second-order valence-corrected chi connectivity index (χ2v) is 8.54. The smallest absolute Gasteiger partial charge is 0.240 e. The highest BCUT2D eigenvalue weighted by Gasteiger charge is 2.22. The fourth-order valence-corrected chi connectivity index (χ4v) is 4.45. The fraction of sp³-hybridized carbons (Fsp3) is 0.333. The maximum Gasteiger partial charge on any atom is 0.240 e. The van der Waals surface area contributed by atoms with Crippen LogP contribution in [0.5, 0.6) is 11.5 Å². The first-order valence-corrected chi connectivity index (χ1v) is 9.85. The normalized spacial score (nSPS) is 15.2. The van der Waals surface area contributed by atoms with Crippen molar-refractivity contribution >= 4 is 33.0 Å². The average molecular weight is 390 g/mol. The molecule has 24 heavy (non-hydrogen) atoms. The van der Waals surface area contributed by atoms with E-state index < -0.39 is 16.1 Å². The van der Waals surface area contributed by atoms with Gasteiger partial charge in [-0.25, -0.2) is 13.1 Å². The van der Waals surface area contributed by atoms with Gasteiger partial charge in [-0.3, -0.25) is 0 Å². The van der Waals surface area contributed by atoms with E-state index in [0.717, 1.165) is 4.88 Å². The minimum atomic E-state index is -3.69. The molecule has 0 saturated carbocycles. The molecule has 9 heteroatoms. The maximum absolute atomic E-state index is 12.5. The largest absolute Gasteiger partial charge is 0.486 e. The summed E-state index contributed by atoms with van der Waals surface area (Å²) in [7, 11) is -2.17. The Morgan fingerprint density at radius 2 is 2.00 bits per heavy atom. The summed E-state index contributed by atoms with van der Waals surface area (Å²) in [6, 6.07) is 8.11. The number of hydrogen-bond donors (Lipinski definition) is 1. The lowest BCUT2D eigenvalue weighted by molar-refractivity contribution is 0.110. The van der Waals surface area contributed by atoms with E-state index >= 15 is 0 Å². The van der Waals surface area contributed by atoms with Crippen molar-refractivity contribution in [3.8, 4) is 11.5 Å². The van der Waals surface area contributed by atoms with Crippen LogP contribution in [0.4, 0.5) is 0 Å². The van der Waals surface area contributed by atoms with E-state index in [0.29, 0.717) is 29.0 Å². The van der Waals surface area contributed by atoms with Crippen LogP contribution in [-0.4, -0.2) is 35.3 Å². The van der Waals surface area contributed by atoms with Gasteiger partial charge in [0.25, 0.3) is 0 Å². The number of rotatable bonds is 6. The van der Waals surface area contributed by atoms with Crippen LogP contribution in [0.1, 0.15) is 11.0 Å². The molecule has 0 radical (unpaired) electrons. The van der Waals surface area contributed by atoms with Crippen molar-refractivity contribution in [3.05, 3.63) is 39.5 Å². The summed E-state index contributed by atoms with van der Waals surface area (Å²) >= 11 is 7.27. The minimum Gasteiger partial charge on any atom is -0.486 e. The number of benzene rings is 1. The Bertz CT molecular complexity index is 821. The van der Waals surface area contributed by atoms with Crippen LogP contribution in [0.3, 0.4) is 0 Å². The van der Waals surface area contributed by atoms with Crippen LogP contribution in [0.15, 0.2) is 35.2 Å². The molecule has 6 nitrogen and oxygen atoms in total. The number of halogens is 1. The van der Waals surface area contributed by atoms with Gasteiger partial charge in [-0.05, 0) is 24.3 Å². The second-order valence-electron chi connectivity index (χ2n) is 5.02. The van der Waals surface area contributed by atoms with Gasteiger partial charge in [0.05, 0.1) is 9.23 Å². The third kappa shape index (κ3) is 3.84. The number of methoxy groups -OCH3 is 1. The lowest BCUT2D eigenvalue weighted by atomic mass is 10.3. The molecule has 1 atom stereocenters. The first kappa shape index (κ1) is 17.5. The molecule has 130 valence electrons. The van der Waals surface area contributed by atoms with Crippen LogP contribution in [0, 0.1) is 0 Å². The molecule has 0 fully saturated rings. The number of sulfonamides is 1. The van der Waals surface area contributed by atoms with E-state index in [9.17, 15) is 8.42 Å². The van der Waals surface area contributed by atoms with Gasteiger partial charge in [0.15, 0.2) is 11.5 Å². The molecule has 0 saturated heterocycles. The number of ether oxygens (including phenoxy) is 3. The Balaban J connectivity index is 1.73. The molecule has 0 bridgehead atoms. The molecular formula is C15H16ClNO5S2. The Kier molecular flexibility index (Phi) is 5.31. The predicted octanol–water partition coefficient (Wildman–Crippen LogP) is 2.84. The summed E-state index contributed by atoms with van der Waals surface area (Å²) in [5, 5.41) is 0. The number of nitrogens with one attached hydrogen (secondary N) is 1. The Morgan fingerprint density at radius 3 is 2.67 bits per heavy atom. The molecule has 2 aromatic rings. The predicted molar refractivity (Wildman–Crippen MR) is 91.7 cm³/mol. The third-order valence-corrected chi connectivity index (χ3v) is 6.22. The summed E-state index contributed by atoms with van der Waals surface area (Å²) in [5.41, 5.74) is 0. The molecule has 1 aliphatic heterocycles. The molecule has 1 aliphatic rings. The summed E-state index contributed by atoms with van der Waals surface area (Å²) < 4.78 is 44.3. The Labute approximate surface area is 149 Å². The van der Waals surface area contributed by atoms with Crippen molar-refractivity contribution in [2.75, 3.05) is 26.9 Å². The van der Waals surface area contributed by atoms with Gasteiger partial charge < -0.3 is 14.2 Å². The number of fused-ring (bicyclic) bond motifs is 1. The molecule has 1 aromatic heterocycles. The van der Waals surface area contributed by atoms with Crippen molar-refractivity contribution in [1.82, 2.24) is 4.72 Å². The molecular weight excluding hydrogens is 374 g/mol. The zero-order chi connectivity index (χ0) is 17.2. The standard InChI is InChI=1S/C15H16ClNO5S2/c1-20-13(14-4-5-15(16)23-14)9-17-24(18,19)10-2-3-11-12(8-10)22-7-6-21-11/h2-5,8,13,17H,6-7,9H2,1H3. The molecule has 0 amide bonds. The first-order valence-electron chi connectivity index (χ1n) is 7.17. The Hall–Kier alpha value is -1.32. The van der Waals surface area contributed by atoms with Crippen molar-refractivity contribution in [2.45, 2.75) is 11.0 Å². The average Bonchev–Trinajstić information content (AvgIpc) is 3.01. The van der Waals surface area contributed by atoms with Gasteiger partial charge in [-0.2, -0.15) is 0 Å². The highest BCUT2D eigenvalue weighted by atomic mass is 35.5. The van der Waals surface area contributed by atoms with Gasteiger partial charge in [-0.1, -0.05) is 11.6 Å². The molecule has 1 N–H and O–H groups in total. The molecule has 1 aromatic carbocycles. The van der Waals surface area contributed by atoms with E-state index in [1.807, 2.05) is 6.07 Å². The van der Waals surface area contributed by atoms with Crippen molar-refractivity contribution in [1.29, 1.82) is 0 Å². The van der Waals surface area contributed by atoms with Gasteiger partial charge in [-0.15, -0.1) is 11.3 Å². The van der Waals surface area contributed by atoms with Gasteiger partial charge in [0.1, 0.15) is 19.3 Å². The van der Waals surface area contributed by atoms with E-state index in [1.165, 1.54) is 30.6 Å². The van der Waals surface area contributed by atoms with Crippen molar-refractivity contribution in [3.63, 3.8) is 0 Å². The Morgan fingerprint density at radius 1 is 1.25 bits per heavy atom. The van der Waals surface area contributed by atoms with E-state index in [-0.39, 0.29) is 11.4 Å². The van der Waals surface area contributed by atoms with Crippen LogP contribution < -0.4 is 14.2 Å². The minimum absolute atomic E-state index is 0.101. The van der Waals surface area contributed by atoms with Crippen molar-refractivity contribution < 1.29 is 22.6 Å². The van der Waals surface area contributed by atoms with Crippen LogP contribution in [0.2, 0.25) is 4.34 Å². The van der Waals surface area contributed by atoms with Gasteiger partial charge in [0, 0.05) is 24.6 Å². The van der Waals surface area contributed by atoms with E-state index in [4.69, 9.17) is 25.8 Å². The number of hydrogen-bond acceptors (Lipinski definition) is 6. The van der Waals surface area contributed by atoms with Crippen LogP contribution in [-0.2, 0) is 14.8 Å².